The lowest BCUT2D eigenvalue weighted by Gasteiger charge is -2.18. The Hall–Kier alpha value is -2.49. The molecule has 0 heterocycles. The van der Waals surface area contributed by atoms with Crippen LogP contribution in [0.15, 0.2) is 48.5 Å². The molecule has 1 atom stereocenters. The Kier molecular flexibility index (Phi) is 5.42. The van der Waals surface area contributed by atoms with Crippen LogP contribution in [-0.4, -0.2) is 19.1 Å². The number of benzene rings is 2. The van der Waals surface area contributed by atoms with Gasteiger partial charge in [0.25, 0.3) is 5.91 Å². The van der Waals surface area contributed by atoms with Gasteiger partial charge in [-0.1, -0.05) is 25.1 Å². The Morgan fingerprint density at radius 3 is 2.32 bits per heavy atom. The van der Waals surface area contributed by atoms with Crippen molar-refractivity contribution in [3.05, 3.63) is 54.1 Å². The van der Waals surface area contributed by atoms with Crippen molar-refractivity contribution in [2.24, 2.45) is 0 Å². The molecular formula is C18H21NO3. The number of para-hydroxylation sites is 1. The molecule has 0 bridgehead atoms. The lowest BCUT2D eigenvalue weighted by atomic mass is 10.2. The fourth-order valence-electron chi connectivity index (χ4n) is 2.07. The van der Waals surface area contributed by atoms with Crippen LogP contribution >= 0.6 is 0 Å². The van der Waals surface area contributed by atoms with Crippen LogP contribution < -0.4 is 14.8 Å². The highest BCUT2D eigenvalue weighted by Crippen LogP contribution is 2.20. The van der Waals surface area contributed by atoms with Gasteiger partial charge in [-0.3, -0.25) is 4.79 Å². The van der Waals surface area contributed by atoms with E-state index in [1.165, 1.54) is 0 Å². The molecule has 116 valence electrons. The van der Waals surface area contributed by atoms with Gasteiger partial charge in [0.05, 0.1) is 7.11 Å². The molecule has 0 fully saturated rings. The van der Waals surface area contributed by atoms with Crippen LogP contribution in [0.3, 0.4) is 0 Å². The Balaban J connectivity index is 2.03. The van der Waals surface area contributed by atoms with Gasteiger partial charge in [0.2, 0.25) is 0 Å². The Labute approximate surface area is 131 Å². The van der Waals surface area contributed by atoms with Gasteiger partial charge < -0.3 is 14.8 Å². The summed E-state index contributed by atoms with van der Waals surface area (Å²) in [5.74, 6) is 1.25. The Morgan fingerprint density at radius 2 is 1.73 bits per heavy atom. The summed E-state index contributed by atoms with van der Waals surface area (Å²) in [6, 6.07) is 14.9. The number of nitrogens with one attached hydrogen (secondary N) is 1. The molecule has 0 aliphatic carbocycles. The predicted molar refractivity (Wildman–Crippen MR) is 87.5 cm³/mol. The molecule has 2 rings (SSSR count). The molecule has 2 aromatic carbocycles. The first kappa shape index (κ1) is 15.9. The average Bonchev–Trinajstić information content (AvgIpc) is 2.55. The predicted octanol–water partition coefficient (Wildman–Crippen LogP) is 3.80. The van der Waals surface area contributed by atoms with E-state index in [2.05, 4.69) is 5.32 Å². The zero-order valence-electron chi connectivity index (χ0n) is 13.1. The maximum atomic E-state index is 12.4. The second-order valence-electron chi connectivity index (χ2n) is 4.99. The number of carbonyl (C=O) groups excluding carboxylic acids is 1. The van der Waals surface area contributed by atoms with E-state index < -0.39 is 6.10 Å². The van der Waals surface area contributed by atoms with Crippen molar-refractivity contribution < 1.29 is 14.3 Å². The molecule has 1 N–H and O–H groups in total. The van der Waals surface area contributed by atoms with E-state index >= 15 is 0 Å². The number of ether oxygens (including phenoxy) is 2. The highest BCUT2D eigenvalue weighted by Gasteiger charge is 2.19. The Morgan fingerprint density at radius 1 is 1.09 bits per heavy atom. The van der Waals surface area contributed by atoms with Crippen LogP contribution in [0.4, 0.5) is 5.69 Å². The lowest BCUT2D eigenvalue weighted by molar-refractivity contribution is -0.122. The fourth-order valence-corrected chi connectivity index (χ4v) is 2.07. The molecule has 0 aromatic heterocycles. The quantitative estimate of drug-likeness (QED) is 0.882. The minimum absolute atomic E-state index is 0.146. The summed E-state index contributed by atoms with van der Waals surface area (Å²) in [6.45, 7) is 3.88. The molecule has 4 nitrogen and oxygen atoms in total. The first-order valence-corrected chi connectivity index (χ1v) is 7.31. The number of anilines is 1. The van der Waals surface area contributed by atoms with Crippen molar-refractivity contribution in [2.75, 3.05) is 12.4 Å². The van der Waals surface area contributed by atoms with E-state index in [-0.39, 0.29) is 5.91 Å². The van der Waals surface area contributed by atoms with Gasteiger partial charge in [0.1, 0.15) is 11.5 Å². The largest absolute Gasteiger partial charge is 0.497 e. The zero-order chi connectivity index (χ0) is 15.9. The van der Waals surface area contributed by atoms with Crippen LogP contribution in [0, 0.1) is 6.92 Å². The van der Waals surface area contributed by atoms with Crippen LogP contribution in [0.2, 0.25) is 0 Å². The molecule has 0 unspecified atom stereocenters. The van der Waals surface area contributed by atoms with Crippen molar-refractivity contribution in [3.63, 3.8) is 0 Å². The third-order valence-electron chi connectivity index (χ3n) is 3.40. The SMILES string of the molecule is CC[C@H](Oc1ccc(OC)cc1)C(=O)Nc1ccccc1C. The number of rotatable bonds is 6. The second-order valence-corrected chi connectivity index (χ2v) is 4.99. The maximum absolute atomic E-state index is 12.4. The summed E-state index contributed by atoms with van der Waals surface area (Å²) in [4.78, 5) is 12.4. The van der Waals surface area contributed by atoms with Crippen molar-refractivity contribution >= 4 is 11.6 Å². The summed E-state index contributed by atoms with van der Waals surface area (Å²) >= 11 is 0. The topological polar surface area (TPSA) is 47.6 Å². The first-order valence-electron chi connectivity index (χ1n) is 7.31. The number of aryl methyl sites for hydroxylation is 1. The van der Waals surface area contributed by atoms with Gasteiger partial charge in [-0.25, -0.2) is 0 Å². The number of hydrogen-bond acceptors (Lipinski definition) is 3. The van der Waals surface area contributed by atoms with Crippen molar-refractivity contribution in [1.82, 2.24) is 0 Å². The smallest absolute Gasteiger partial charge is 0.265 e. The summed E-state index contributed by atoms with van der Waals surface area (Å²) in [7, 11) is 1.61. The molecule has 0 radical (unpaired) electrons. The lowest BCUT2D eigenvalue weighted by Crippen LogP contribution is -2.32. The molecule has 1 amide bonds. The fraction of sp³-hybridized carbons (Fsp3) is 0.278. The van der Waals surface area contributed by atoms with Crippen molar-refractivity contribution in [1.29, 1.82) is 0 Å². The number of methoxy groups -OCH3 is 1. The molecule has 0 aliphatic rings. The van der Waals surface area contributed by atoms with E-state index in [0.717, 1.165) is 17.0 Å². The first-order chi connectivity index (χ1) is 10.6. The van der Waals surface area contributed by atoms with Crippen LogP contribution in [-0.2, 0) is 4.79 Å². The normalized spacial score (nSPS) is 11.6. The molecule has 22 heavy (non-hydrogen) atoms. The van der Waals surface area contributed by atoms with Crippen LogP contribution in [0.1, 0.15) is 18.9 Å². The van der Waals surface area contributed by atoms with Gasteiger partial charge >= 0.3 is 0 Å². The number of amides is 1. The highest BCUT2D eigenvalue weighted by atomic mass is 16.5. The van der Waals surface area contributed by atoms with E-state index in [9.17, 15) is 4.79 Å². The molecule has 0 saturated carbocycles. The van der Waals surface area contributed by atoms with E-state index in [1.807, 2.05) is 38.1 Å². The van der Waals surface area contributed by atoms with E-state index in [4.69, 9.17) is 9.47 Å². The van der Waals surface area contributed by atoms with Gasteiger partial charge in [-0.2, -0.15) is 0 Å². The number of hydrogen-bond donors (Lipinski definition) is 1. The standard InChI is InChI=1S/C18H21NO3/c1-4-17(22-15-11-9-14(21-3)10-12-15)18(20)19-16-8-6-5-7-13(16)2/h5-12,17H,4H2,1-3H3,(H,19,20)/t17-/m0/s1. The maximum Gasteiger partial charge on any atom is 0.265 e. The molecular weight excluding hydrogens is 278 g/mol. The minimum atomic E-state index is -0.534. The third-order valence-corrected chi connectivity index (χ3v) is 3.40. The molecule has 2 aromatic rings. The van der Waals surface area contributed by atoms with Gasteiger partial charge in [-0.15, -0.1) is 0 Å². The summed E-state index contributed by atoms with van der Waals surface area (Å²) in [5.41, 5.74) is 1.83. The Bertz CT molecular complexity index is 622. The summed E-state index contributed by atoms with van der Waals surface area (Å²) in [6.07, 6.45) is 0.0528. The minimum Gasteiger partial charge on any atom is -0.497 e. The van der Waals surface area contributed by atoms with Crippen LogP contribution in [0.5, 0.6) is 11.5 Å². The average molecular weight is 299 g/mol. The van der Waals surface area contributed by atoms with Gasteiger partial charge in [0.15, 0.2) is 6.10 Å². The van der Waals surface area contributed by atoms with Crippen LogP contribution in [0.25, 0.3) is 0 Å². The number of carbonyl (C=O) groups is 1. The zero-order valence-corrected chi connectivity index (χ0v) is 13.1. The molecule has 4 heteroatoms. The molecule has 0 saturated heterocycles. The van der Waals surface area contributed by atoms with E-state index in [1.54, 1.807) is 31.4 Å². The monoisotopic (exact) mass is 299 g/mol. The summed E-state index contributed by atoms with van der Waals surface area (Å²) < 4.78 is 10.9. The molecule has 0 spiro atoms. The van der Waals surface area contributed by atoms with E-state index in [0.29, 0.717) is 12.2 Å². The third kappa shape index (κ3) is 4.01. The van der Waals surface area contributed by atoms with Gasteiger partial charge in [-0.05, 0) is 49.2 Å². The highest BCUT2D eigenvalue weighted by molar-refractivity contribution is 5.94. The van der Waals surface area contributed by atoms with Crippen molar-refractivity contribution in [3.8, 4) is 11.5 Å². The summed E-state index contributed by atoms with van der Waals surface area (Å²) in [5, 5.41) is 2.92. The molecule has 0 aliphatic heterocycles. The second kappa shape index (κ2) is 7.50. The van der Waals surface area contributed by atoms with Gasteiger partial charge in [0, 0.05) is 5.69 Å². The van der Waals surface area contributed by atoms with Crippen molar-refractivity contribution in [2.45, 2.75) is 26.4 Å².